The van der Waals surface area contributed by atoms with E-state index < -0.39 is 46.5 Å². The third-order valence-corrected chi connectivity index (χ3v) is 10.5. The fraction of sp³-hybridized carbons (Fsp3) is 0.303. The lowest BCUT2D eigenvalue weighted by Crippen LogP contribution is -2.71. The number of carbonyl (C=O) groups excluding carboxylic acids is 2. The number of nitrogens with two attached hydrogens (primary N) is 1. The molecule has 4 heterocycles. The number of fused-ring (bicyclic) bond motifs is 2. The van der Waals surface area contributed by atoms with Crippen LogP contribution in [0.4, 0.5) is 5.13 Å². The predicted octanol–water partition coefficient (Wildman–Crippen LogP) is 2.23. The van der Waals surface area contributed by atoms with Gasteiger partial charge in [0, 0.05) is 34.0 Å². The Balaban J connectivity index is 1.13. The number of oxime groups is 1. The van der Waals surface area contributed by atoms with Gasteiger partial charge >= 0.3 is 11.9 Å². The summed E-state index contributed by atoms with van der Waals surface area (Å²) >= 11 is 2.04. The number of quaternary nitrogens is 1. The van der Waals surface area contributed by atoms with E-state index in [4.69, 9.17) is 10.6 Å². The molecule has 0 bridgehead atoms. The maximum Gasteiger partial charge on any atom is 0.352 e. The number of hydrogen-bond acceptors (Lipinski definition) is 13. The Kier molecular flexibility index (Phi) is 9.26. The SMILES string of the molecule is CC(C)(O/N=C(\C(=O)N[C@@H]1C(=O)N2C(C(=O)O)=C(/C=C/c3ccc(C[N+]4(C)Cc5cc(O)c(O)cc5C4)cc3)CS[C@H]12)c1nsc(N)n1)C(=O)O. The number of nitrogens with one attached hydrogen (secondary N) is 1. The third kappa shape index (κ3) is 7.10. The van der Waals surface area contributed by atoms with Crippen LogP contribution in [0, 0.1) is 0 Å². The summed E-state index contributed by atoms with van der Waals surface area (Å²) in [6.45, 7) is 4.59. The molecule has 51 heavy (non-hydrogen) atoms. The Morgan fingerprint density at radius 3 is 2.33 bits per heavy atom. The van der Waals surface area contributed by atoms with Crippen molar-refractivity contribution in [2.45, 2.75) is 50.5 Å². The van der Waals surface area contributed by atoms with Crippen LogP contribution in [0.1, 0.15) is 41.9 Å². The second-order valence-corrected chi connectivity index (χ2v) is 15.0. The highest BCUT2D eigenvalue weighted by molar-refractivity contribution is 8.00. The molecule has 0 saturated carbocycles. The zero-order valence-electron chi connectivity index (χ0n) is 27.6. The van der Waals surface area contributed by atoms with Crippen molar-refractivity contribution in [3.63, 3.8) is 0 Å². The number of hydrogen-bond donors (Lipinski definition) is 6. The highest BCUT2D eigenvalue weighted by atomic mass is 32.2. The molecular weight excluding hydrogens is 703 g/mol. The summed E-state index contributed by atoms with van der Waals surface area (Å²) in [5.41, 5.74) is 7.47. The lowest BCUT2D eigenvalue weighted by Gasteiger charge is -2.49. The molecule has 2 atom stereocenters. The Morgan fingerprint density at radius 1 is 1.12 bits per heavy atom. The third-order valence-electron chi connectivity index (χ3n) is 8.66. The van der Waals surface area contributed by atoms with Gasteiger partial charge in [-0.1, -0.05) is 41.6 Å². The van der Waals surface area contributed by atoms with Gasteiger partial charge in [0.05, 0.1) is 7.05 Å². The van der Waals surface area contributed by atoms with Crippen molar-refractivity contribution in [2.75, 3.05) is 18.5 Å². The minimum atomic E-state index is -1.80. The number of carboxylic acid groups (broad SMARTS) is 2. The fourth-order valence-corrected chi connectivity index (χ4v) is 7.77. The van der Waals surface area contributed by atoms with Gasteiger partial charge in [-0.3, -0.25) is 14.5 Å². The topological polar surface area (TPSA) is 238 Å². The smallest absolute Gasteiger partial charge is 0.352 e. The summed E-state index contributed by atoms with van der Waals surface area (Å²) in [4.78, 5) is 60.6. The molecule has 1 aromatic heterocycles. The molecule has 18 heteroatoms. The largest absolute Gasteiger partial charge is 0.504 e. The monoisotopic (exact) mass is 736 g/mol. The van der Waals surface area contributed by atoms with Gasteiger partial charge < -0.3 is 40.8 Å². The van der Waals surface area contributed by atoms with Gasteiger partial charge in [-0.15, -0.1) is 11.8 Å². The van der Waals surface area contributed by atoms with Crippen LogP contribution in [0.3, 0.4) is 0 Å². The molecule has 0 spiro atoms. The number of thioether (sulfide) groups is 1. The lowest BCUT2D eigenvalue weighted by molar-refractivity contribution is -0.941. The van der Waals surface area contributed by atoms with Crippen molar-refractivity contribution >= 4 is 64.0 Å². The van der Waals surface area contributed by atoms with Crippen LogP contribution in [-0.2, 0) is 43.7 Å². The number of benzene rings is 2. The normalized spacial score (nSPS) is 19.8. The average molecular weight is 737 g/mol. The van der Waals surface area contributed by atoms with Crippen molar-refractivity contribution in [1.29, 1.82) is 0 Å². The number of phenols is 2. The Labute approximate surface area is 299 Å². The molecule has 2 aromatic carbocycles. The summed E-state index contributed by atoms with van der Waals surface area (Å²) in [6, 6.07) is 9.94. The van der Waals surface area contributed by atoms with Crippen molar-refractivity contribution < 1.29 is 48.9 Å². The molecular formula is C33H34N7O9S2+. The summed E-state index contributed by atoms with van der Waals surface area (Å²) in [5.74, 6) is -4.49. The molecule has 0 radical (unpaired) electrons. The quantitative estimate of drug-likeness (QED) is 0.0545. The van der Waals surface area contributed by atoms with Gasteiger partial charge in [0.1, 0.15) is 36.7 Å². The van der Waals surface area contributed by atoms with Crippen LogP contribution in [0.25, 0.3) is 6.08 Å². The number of aromatic nitrogens is 2. The maximum absolute atomic E-state index is 13.3. The van der Waals surface area contributed by atoms with Crippen LogP contribution in [0.2, 0.25) is 0 Å². The molecule has 266 valence electrons. The Hall–Kier alpha value is -5.46. The lowest BCUT2D eigenvalue weighted by atomic mass is 10.0. The van der Waals surface area contributed by atoms with E-state index in [2.05, 4.69) is 26.9 Å². The highest BCUT2D eigenvalue weighted by Crippen LogP contribution is 2.41. The summed E-state index contributed by atoms with van der Waals surface area (Å²) < 4.78 is 4.62. The van der Waals surface area contributed by atoms with Crippen molar-refractivity contribution in [2.24, 2.45) is 5.16 Å². The average Bonchev–Trinajstić information content (AvgIpc) is 3.64. The number of aliphatic carboxylic acids is 2. The van der Waals surface area contributed by atoms with Crippen LogP contribution < -0.4 is 11.1 Å². The number of nitrogens with zero attached hydrogens (tertiary/aromatic N) is 5. The zero-order chi connectivity index (χ0) is 36.8. The molecule has 3 aromatic rings. The first-order valence-corrected chi connectivity index (χ1v) is 17.3. The van der Waals surface area contributed by atoms with E-state index in [1.807, 2.05) is 24.3 Å². The van der Waals surface area contributed by atoms with E-state index in [0.717, 1.165) is 45.2 Å². The van der Waals surface area contributed by atoms with Gasteiger partial charge in [0.15, 0.2) is 16.6 Å². The van der Waals surface area contributed by atoms with Crippen LogP contribution >= 0.6 is 23.3 Å². The minimum Gasteiger partial charge on any atom is -0.504 e. The zero-order valence-corrected chi connectivity index (χ0v) is 29.2. The first-order chi connectivity index (χ1) is 24.0. The van der Waals surface area contributed by atoms with Crippen LogP contribution in [0.5, 0.6) is 11.5 Å². The number of anilines is 1. The van der Waals surface area contributed by atoms with E-state index in [1.165, 1.54) is 25.6 Å². The number of β-lactam (4-membered cyclic amide) rings is 1. The van der Waals surface area contributed by atoms with Gasteiger partial charge in [-0.05, 0) is 37.1 Å². The number of phenolic OH excluding ortho intramolecular Hbond substituents is 2. The molecule has 7 N–H and O–H groups in total. The second-order valence-electron chi connectivity index (χ2n) is 13.1. The number of carboxylic acids is 2. The first-order valence-electron chi connectivity index (χ1n) is 15.5. The molecule has 1 fully saturated rings. The molecule has 6 rings (SSSR count). The van der Waals surface area contributed by atoms with Crippen molar-refractivity contribution in [3.05, 3.63) is 81.8 Å². The van der Waals surface area contributed by atoms with Crippen molar-refractivity contribution in [3.8, 4) is 11.5 Å². The van der Waals surface area contributed by atoms with Crippen LogP contribution in [-0.4, -0.2) is 98.4 Å². The van der Waals surface area contributed by atoms with Crippen LogP contribution in [0.15, 0.2) is 58.9 Å². The van der Waals surface area contributed by atoms with E-state index in [0.29, 0.717) is 23.1 Å². The summed E-state index contributed by atoms with van der Waals surface area (Å²) in [5, 5.41) is 44.8. The minimum absolute atomic E-state index is 0.0126. The molecule has 16 nitrogen and oxygen atoms in total. The molecule has 2 amide bonds. The molecule has 3 aliphatic heterocycles. The fourth-order valence-electron chi connectivity index (χ4n) is 6.01. The van der Waals surface area contributed by atoms with Gasteiger partial charge in [-0.2, -0.15) is 9.36 Å². The maximum atomic E-state index is 13.3. The Bertz CT molecular complexity index is 2010. The van der Waals surface area contributed by atoms with Crippen molar-refractivity contribution in [1.82, 2.24) is 19.6 Å². The molecule has 1 saturated heterocycles. The second kappa shape index (κ2) is 13.3. The predicted molar refractivity (Wildman–Crippen MR) is 186 cm³/mol. The molecule has 3 aliphatic rings. The first kappa shape index (κ1) is 35.4. The standard InChI is InChI=1S/C33H33N7O9S2/c1-33(2,31(47)48)49-37-23(26-36-32(34)51-38-26)27(43)35-24-28(44)39-25(30(45)46)18(15-50-29(24)39)9-8-16-4-6-17(7-5-16)12-40(3)13-19-10-21(41)22(42)11-20(19)14-40/h4-11,24,29H,12-15H2,1-3H3,(H6-,34,35,36,37,38,41,42,43,45,46,47,48)/p+1/b9-8+/t24-,29-/m1/s1. The molecule has 0 unspecified atom stereocenters. The van der Waals surface area contributed by atoms with Gasteiger partial charge in [0.25, 0.3) is 11.8 Å². The van der Waals surface area contributed by atoms with E-state index in [9.17, 15) is 39.6 Å². The number of aromatic hydroxyl groups is 2. The van der Waals surface area contributed by atoms with Gasteiger partial charge in [-0.25, -0.2) is 9.59 Å². The highest BCUT2D eigenvalue weighted by Gasteiger charge is 2.54. The number of rotatable bonds is 11. The number of allylic oxidation sites excluding steroid dienone is 1. The summed E-state index contributed by atoms with van der Waals surface area (Å²) in [6.07, 6.45) is 3.43. The number of nitrogen functional groups attached to an aromatic ring is 1. The summed E-state index contributed by atoms with van der Waals surface area (Å²) in [7, 11) is 2.11. The number of carbonyl (C=O) groups is 4. The van der Waals surface area contributed by atoms with E-state index in [-0.39, 0.29) is 33.9 Å². The van der Waals surface area contributed by atoms with E-state index in [1.54, 1.807) is 24.3 Å². The molecule has 0 aliphatic carbocycles. The number of amides is 2. The Morgan fingerprint density at radius 2 is 1.76 bits per heavy atom. The van der Waals surface area contributed by atoms with E-state index >= 15 is 0 Å². The van der Waals surface area contributed by atoms with Gasteiger partial charge in [0.2, 0.25) is 17.1 Å².